The van der Waals surface area contributed by atoms with E-state index in [9.17, 15) is 14.0 Å². The summed E-state index contributed by atoms with van der Waals surface area (Å²) in [7, 11) is 0. The van der Waals surface area contributed by atoms with Crippen LogP contribution in [-0.2, 0) is 22.6 Å². The van der Waals surface area contributed by atoms with E-state index in [0.29, 0.717) is 22.6 Å². The fourth-order valence-electron chi connectivity index (χ4n) is 3.91. The molecule has 38 heavy (non-hydrogen) atoms. The second-order valence-corrected chi connectivity index (χ2v) is 8.52. The van der Waals surface area contributed by atoms with E-state index in [4.69, 9.17) is 9.47 Å². The average molecular weight is 514 g/mol. The second kappa shape index (κ2) is 12.6. The normalized spacial score (nSPS) is 10.6. The van der Waals surface area contributed by atoms with Crippen LogP contribution in [0.15, 0.2) is 78.9 Å². The van der Waals surface area contributed by atoms with Gasteiger partial charge in [0.2, 0.25) is 0 Å². The zero-order valence-corrected chi connectivity index (χ0v) is 21.2. The molecule has 8 heteroatoms. The highest BCUT2D eigenvalue weighted by atomic mass is 19.1. The van der Waals surface area contributed by atoms with Gasteiger partial charge in [-0.15, -0.1) is 0 Å². The van der Waals surface area contributed by atoms with E-state index in [1.807, 2.05) is 66.7 Å². The topological polar surface area (TPSA) is 90.4 Å². The highest BCUT2D eigenvalue weighted by Crippen LogP contribution is 2.26. The Morgan fingerprint density at radius 1 is 0.921 bits per heavy atom. The fraction of sp³-hybridized carbons (Fsp3) is 0.200. The van der Waals surface area contributed by atoms with Gasteiger partial charge >= 0.3 is 5.97 Å². The summed E-state index contributed by atoms with van der Waals surface area (Å²) in [4.78, 5) is 33.8. The van der Waals surface area contributed by atoms with Crippen molar-refractivity contribution in [3.05, 3.63) is 113 Å². The van der Waals surface area contributed by atoms with E-state index in [1.165, 1.54) is 6.07 Å². The number of carbonyl (C=O) groups excluding carboxylic acids is 2. The van der Waals surface area contributed by atoms with Crippen LogP contribution in [0.1, 0.15) is 40.1 Å². The predicted molar refractivity (Wildman–Crippen MR) is 141 cm³/mol. The summed E-state index contributed by atoms with van der Waals surface area (Å²) >= 11 is 0. The molecule has 1 heterocycles. The van der Waals surface area contributed by atoms with Crippen LogP contribution >= 0.6 is 0 Å². The van der Waals surface area contributed by atoms with Crippen molar-refractivity contribution in [2.24, 2.45) is 0 Å². The van der Waals surface area contributed by atoms with Gasteiger partial charge in [0.1, 0.15) is 24.8 Å². The van der Waals surface area contributed by atoms with E-state index in [-0.39, 0.29) is 43.4 Å². The summed E-state index contributed by atoms with van der Waals surface area (Å²) in [5.74, 6) is -0.987. The van der Waals surface area contributed by atoms with Gasteiger partial charge in [0.15, 0.2) is 11.4 Å². The van der Waals surface area contributed by atoms with Crippen molar-refractivity contribution in [1.29, 1.82) is 0 Å². The Labute approximate surface area is 220 Å². The first-order valence-corrected chi connectivity index (χ1v) is 12.3. The van der Waals surface area contributed by atoms with Crippen LogP contribution in [0.4, 0.5) is 4.39 Å². The minimum absolute atomic E-state index is 0.00546. The van der Waals surface area contributed by atoms with Gasteiger partial charge in [0.25, 0.3) is 5.91 Å². The van der Waals surface area contributed by atoms with E-state index in [0.717, 1.165) is 11.1 Å². The lowest BCUT2D eigenvalue weighted by atomic mass is 10.0. The molecule has 0 saturated carbocycles. The van der Waals surface area contributed by atoms with Crippen LogP contribution < -0.4 is 10.1 Å². The number of nitrogens with zero attached hydrogens (tertiary/aromatic N) is 2. The monoisotopic (exact) mass is 513 g/mol. The number of ether oxygens (including phenoxy) is 2. The first-order valence-electron chi connectivity index (χ1n) is 12.3. The van der Waals surface area contributed by atoms with Gasteiger partial charge in [-0.2, -0.15) is 0 Å². The van der Waals surface area contributed by atoms with Crippen LogP contribution in [0.3, 0.4) is 0 Å². The third-order valence-electron chi connectivity index (χ3n) is 5.70. The van der Waals surface area contributed by atoms with Crippen LogP contribution in [0.2, 0.25) is 0 Å². The molecular weight excluding hydrogens is 485 g/mol. The molecule has 7 nitrogen and oxygen atoms in total. The Morgan fingerprint density at radius 3 is 2.32 bits per heavy atom. The number of hydrogen-bond donors (Lipinski definition) is 1. The van der Waals surface area contributed by atoms with E-state index in [2.05, 4.69) is 15.3 Å². The second-order valence-electron chi connectivity index (χ2n) is 8.52. The summed E-state index contributed by atoms with van der Waals surface area (Å²) in [6.45, 7) is 3.50. The molecule has 0 radical (unpaired) electrons. The molecule has 0 aliphatic carbocycles. The maximum atomic E-state index is 14.9. The molecule has 4 aromatic rings. The number of hydrogen-bond acceptors (Lipinski definition) is 6. The van der Waals surface area contributed by atoms with Crippen molar-refractivity contribution < 1.29 is 23.5 Å². The number of halogens is 1. The summed E-state index contributed by atoms with van der Waals surface area (Å²) in [5, 5.41) is 2.53. The average Bonchev–Trinajstić information content (AvgIpc) is 2.92. The number of rotatable bonds is 10. The zero-order chi connectivity index (χ0) is 26.9. The molecule has 0 fully saturated rings. The number of aromatic nitrogens is 2. The number of nitrogens with one attached hydrogen (secondary N) is 1. The molecule has 1 N–H and O–H groups in total. The molecule has 4 rings (SSSR count). The van der Waals surface area contributed by atoms with Gasteiger partial charge in [-0.05, 0) is 36.6 Å². The van der Waals surface area contributed by atoms with Crippen molar-refractivity contribution >= 4 is 11.9 Å². The van der Waals surface area contributed by atoms with Gasteiger partial charge in [-0.1, -0.05) is 72.8 Å². The van der Waals surface area contributed by atoms with Crippen LogP contribution in [-0.4, -0.2) is 35.0 Å². The van der Waals surface area contributed by atoms with E-state index >= 15 is 0 Å². The van der Waals surface area contributed by atoms with Crippen molar-refractivity contribution in [1.82, 2.24) is 15.3 Å². The highest BCUT2D eigenvalue weighted by Gasteiger charge is 2.21. The van der Waals surface area contributed by atoms with E-state index in [1.54, 1.807) is 19.9 Å². The fourth-order valence-corrected chi connectivity index (χ4v) is 3.91. The SMILES string of the molecule is CCOC(=O)CNC(=O)c1nc(Cc2ccc(-c3ccccc3)c(F)c2)nc(C)c1OCc1ccccc1. The van der Waals surface area contributed by atoms with Crippen LogP contribution in [0.25, 0.3) is 11.1 Å². The first kappa shape index (κ1) is 26.5. The molecular formula is C30H28FN3O4. The number of carbonyl (C=O) groups is 2. The third kappa shape index (κ3) is 6.79. The summed E-state index contributed by atoms with van der Waals surface area (Å²) in [6, 6.07) is 23.7. The molecule has 0 atom stereocenters. The number of benzene rings is 3. The van der Waals surface area contributed by atoms with Crippen molar-refractivity contribution in [3.63, 3.8) is 0 Å². The highest BCUT2D eigenvalue weighted by molar-refractivity contribution is 5.96. The van der Waals surface area contributed by atoms with Crippen molar-refractivity contribution in [3.8, 4) is 16.9 Å². The van der Waals surface area contributed by atoms with Gasteiger partial charge in [0, 0.05) is 12.0 Å². The largest absolute Gasteiger partial charge is 0.485 e. The molecule has 1 amide bonds. The molecule has 3 aromatic carbocycles. The van der Waals surface area contributed by atoms with Gasteiger partial charge in [-0.25, -0.2) is 14.4 Å². The standard InChI is InChI=1S/C30H28FN3O4/c1-3-37-27(35)18-32-30(36)28-29(38-19-21-10-6-4-7-11-21)20(2)33-26(34-28)17-22-14-15-24(25(31)16-22)23-12-8-5-9-13-23/h4-16H,3,17-19H2,1-2H3,(H,32,36). The number of aryl methyl sites for hydroxylation is 1. The molecule has 0 unspecified atom stereocenters. The summed E-state index contributed by atoms with van der Waals surface area (Å²) in [6.07, 6.45) is 0.198. The van der Waals surface area contributed by atoms with Gasteiger partial charge in [-0.3, -0.25) is 9.59 Å². The maximum absolute atomic E-state index is 14.9. The molecule has 0 aliphatic rings. The molecule has 0 bridgehead atoms. The molecule has 0 aliphatic heterocycles. The lowest BCUT2D eigenvalue weighted by Gasteiger charge is -2.15. The Balaban J connectivity index is 1.60. The molecule has 0 spiro atoms. The molecule has 0 saturated heterocycles. The number of esters is 1. The molecule has 194 valence electrons. The quantitative estimate of drug-likeness (QED) is 0.298. The summed E-state index contributed by atoms with van der Waals surface area (Å²) in [5.41, 5.74) is 3.28. The van der Waals surface area contributed by atoms with Gasteiger partial charge < -0.3 is 14.8 Å². The Bertz CT molecular complexity index is 1410. The number of amides is 1. The molecule has 1 aromatic heterocycles. The van der Waals surface area contributed by atoms with Crippen molar-refractivity contribution in [2.45, 2.75) is 26.9 Å². The van der Waals surface area contributed by atoms with Crippen LogP contribution in [0.5, 0.6) is 5.75 Å². The Hall–Kier alpha value is -4.59. The first-order chi connectivity index (χ1) is 18.4. The lowest BCUT2D eigenvalue weighted by molar-refractivity contribution is -0.141. The predicted octanol–water partition coefficient (Wildman–Crippen LogP) is 5.05. The zero-order valence-electron chi connectivity index (χ0n) is 21.2. The third-order valence-corrected chi connectivity index (χ3v) is 5.70. The Morgan fingerprint density at radius 2 is 1.63 bits per heavy atom. The Kier molecular flexibility index (Phi) is 8.77. The minimum atomic E-state index is -0.599. The van der Waals surface area contributed by atoms with Crippen molar-refractivity contribution in [2.75, 3.05) is 13.2 Å². The van der Waals surface area contributed by atoms with Crippen LogP contribution in [0, 0.1) is 12.7 Å². The summed E-state index contributed by atoms with van der Waals surface area (Å²) < 4.78 is 25.8. The van der Waals surface area contributed by atoms with Gasteiger partial charge in [0.05, 0.1) is 12.3 Å². The maximum Gasteiger partial charge on any atom is 0.325 e. The lowest BCUT2D eigenvalue weighted by Crippen LogP contribution is -2.32. The van der Waals surface area contributed by atoms with E-state index < -0.39 is 11.9 Å². The smallest absolute Gasteiger partial charge is 0.325 e. The minimum Gasteiger partial charge on any atom is -0.485 e.